The fourth-order valence-electron chi connectivity index (χ4n) is 4.41. The number of benzene rings is 4. The average Bonchev–Trinajstić information content (AvgIpc) is 3.02. The quantitative estimate of drug-likeness (QED) is 0.223. The van der Waals surface area contributed by atoms with Gasteiger partial charge in [-0.15, -0.1) is 0 Å². The molecule has 1 atom stereocenters. The Balaban J connectivity index is 1.63. The molecule has 0 aliphatic heterocycles. The fourth-order valence-corrected chi connectivity index (χ4v) is 4.61. The molecule has 0 aromatic heterocycles. The normalized spacial score (nSPS) is 11.3. The first kappa shape index (κ1) is 29.5. The molecule has 41 heavy (non-hydrogen) atoms. The summed E-state index contributed by atoms with van der Waals surface area (Å²) >= 11 is 6.25. The fraction of sp³-hybridized carbons (Fsp3) is 0.212. The molecule has 0 radical (unpaired) electrons. The van der Waals surface area contributed by atoms with Crippen molar-refractivity contribution >= 4 is 23.4 Å². The molecule has 0 fully saturated rings. The van der Waals surface area contributed by atoms with Gasteiger partial charge in [0.2, 0.25) is 5.91 Å². The van der Waals surface area contributed by atoms with Gasteiger partial charge >= 0.3 is 0 Å². The van der Waals surface area contributed by atoms with E-state index in [0.717, 1.165) is 16.7 Å². The van der Waals surface area contributed by atoms with Crippen molar-refractivity contribution in [3.05, 3.63) is 125 Å². The van der Waals surface area contributed by atoms with Crippen LogP contribution >= 0.6 is 11.6 Å². The lowest BCUT2D eigenvalue weighted by atomic mass is 10.0. The molecule has 0 saturated heterocycles. The van der Waals surface area contributed by atoms with Gasteiger partial charge in [-0.3, -0.25) is 9.59 Å². The molecule has 8 heteroatoms. The molecular weight excluding hydrogens is 540 g/mol. The number of nitrogens with zero attached hydrogens (tertiary/aromatic N) is 1. The van der Waals surface area contributed by atoms with E-state index in [0.29, 0.717) is 28.7 Å². The number of hydrogen-bond donors (Lipinski definition) is 1. The SMILES string of the molecule is COc1ccc(CN(C(=O)COc2ccccc2Cl)[C@H](Cc2ccccc2)C(=O)NCc2ccccc2OC)cc1. The van der Waals surface area contributed by atoms with Crippen LogP contribution in [0.2, 0.25) is 5.02 Å². The first-order valence-electron chi connectivity index (χ1n) is 13.2. The van der Waals surface area contributed by atoms with Crippen LogP contribution < -0.4 is 19.5 Å². The van der Waals surface area contributed by atoms with Crippen molar-refractivity contribution in [2.75, 3.05) is 20.8 Å². The van der Waals surface area contributed by atoms with Crippen LogP contribution in [0, 0.1) is 0 Å². The van der Waals surface area contributed by atoms with Crippen LogP contribution in [-0.2, 0) is 29.1 Å². The molecule has 0 unspecified atom stereocenters. The smallest absolute Gasteiger partial charge is 0.261 e. The van der Waals surface area contributed by atoms with E-state index in [1.165, 1.54) is 0 Å². The number of rotatable bonds is 13. The molecule has 7 nitrogen and oxygen atoms in total. The lowest BCUT2D eigenvalue weighted by molar-refractivity contribution is -0.142. The number of halogens is 1. The van der Waals surface area contributed by atoms with Gasteiger partial charge in [0.05, 0.1) is 19.2 Å². The summed E-state index contributed by atoms with van der Waals surface area (Å²) in [6, 6.07) is 30.7. The molecule has 1 N–H and O–H groups in total. The third-order valence-electron chi connectivity index (χ3n) is 6.62. The van der Waals surface area contributed by atoms with Crippen LogP contribution in [0.15, 0.2) is 103 Å². The number of ether oxygens (including phenoxy) is 3. The summed E-state index contributed by atoms with van der Waals surface area (Å²) in [6.45, 7) is 0.147. The van der Waals surface area contributed by atoms with Crippen molar-refractivity contribution < 1.29 is 23.8 Å². The second-order valence-corrected chi connectivity index (χ2v) is 9.73. The van der Waals surface area contributed by atoms with Crippen molar-refractivity contribution in [1.29, 1.82) is 0 Å². The topological polar surface area (TPSA) is 77.1 Å². The van der Waals surface area contributed by atoms with Gasteiger partial charge in [-0.05, 0) is 41.5 Å². The molecule has 0 spiro atoms. The van der Waals surface area contributed by atoms with Crippen LogP contribution in [0.25, 0.3) is 0 Å². The van der Waals surface area contributed by atoms with E-state index in [4.69, 9.17) is 25.8 Å². The van der Waals surface area contributed by atoms with Crippen LogP contribution in [0.1, 0.15) is 16.7 Å². The van der Waals surface area contributed by atoms with Gasteiger partial charge in [0.1, 0.15) is 23.3 Å². The highest BCUT2D eigenvalue weighted by Crippen LogP contribution is 2.24. The molecule has 212 valence electrons. The average molecular weight is 573 g/mol. The maximum atomic E-state index is 13.9. The number of para-hydroxylation sites is 2. The predicted molar refractivity (Wildman–Crippen MR) is 159 cm³/mol. The Morgan fingerprint density at radius 3 is 2.12 bits per heavy atom. The van der Waals surface area contributed by atoms with Gasteiger partial charge in [0.15, 0.2) is 6.61 Å². The summed E-state index contributed by atoms with van der Waals surface area (Å²) in [5, 5.41) is 3.42. The van der Waals surface area contributed by atoms with Crippen molar-refractivity contribution in [2.24, 2.45) is 0 Å². The van der Waals surface area contributed by atoms with E-state index < -0.39 is 6.04 Å². The Morgan fingerprint density at radius 2 is 1.44 bits per heavy atom. The minimum absolute atomic E-state index is 0.189. The number of amides is 2. The minimum Gasteiger partial charge on any atom is -0.497 e. The number of hydrogen-bond acceptors (Lipinski definition) is 5. The van der Waals surface area contributed by atoms with Gasteiger partial charge in [-0.25, -0.2) is 0 Å². The Kier molecular flexibility index (Phi) is 10.6. The molecule has 4 rings (SSSR count). The second-order valence-electron chi connectivity index (χ2n) is 9.32. The first-order valence-corrected chi connectivity index (χ1v) is 13.6. The Bertz CT molecular complexity index is 1430. The van der Waals surface area contributed by atoms with E-state index in [1.54, 1.807) is 43.4 Å². The standard InChI is InChI=1S/C33H33ClN2O5/c1-39-27-18-16-25(17-19-27)22-36(32(37)23-41-31-15-9-7-13-28(31)34)29(20-24-10-4-3-5-11-24)33(38)35-21-26-12-6-8-14-30(26)40-2/h3-19,29H,20-23H2,1-2H3,(H,35,38)/t29-/m1/s1. The molecule has 0 saturated carbocycles. The van der Waals surface area contributed by atoms with Crippen molar-refractivity contribution in [3.63, 3.8) is 0 Å². The number of carbonyl (C=O) groups excluding carboxylic acids is 2. The number of carbonyl (C=O) groups is 2. The molecule has 0 aliphatic carbocycles. The summed E-state index contributed by atoms with van der Waals surface area (Å²) in [5.41, 5.74) is 2.59. The zero-order chi connectivity index (χ0) is 29.0. The Hall–Kier alpha value is -4.49. The van der Waals surface area contributed by atoms with Crippen molar-refractivity contribution in [3.8, 4) is 17.2 Å². The summed E-state index contributed by atoms with van der Waals surface area (Å²) < 4.78 is 16.5. The van der Waals surface area contributed by atoms with Crippen LogP contribution in [-0.4, -0.2) is 43.6 Å². The summed E-state index contributed by atoms with van der Waals surface area (Å²) in [5.74, 6) is 1.12. The largest absolute Gasteiger partial charge is 0.497 e. The Labute approximate surface area is 245 Å². The molecule has 0 aliphatic rings. The molecular formula is C33H33ClN2O5. The van der Waals surface area contributed by atoms with Gasteiger partial charge in [-0.2, -0.15) is 0 Å². The Morgan fingerprint density at radius 1 is 0.780 bits per heavy atom. The molecule has 0 heterocycles. The highest BCUT2D eigenvalue weighted by molar-refractivity contribution is 6.32. The third-order valence-corrected chi connectivity index (χ3v) is 6.93. The van der Waals surface area contributed by atoms with E-state index in [2.05, 4.69) is 5.32 Å². The van der Waals surface area contributed by atoms with Crippen LogP contribution in [0.3, 0.4) is 0 Å². The lowest BCUT2D eigenvalue weighted by Gasteiger charge is -2.31. The molecule has 4 aromatic carbocycles. The highest BCUT2D eigenvalue weighted by Gasteiger charge is 2.31. The minimum atomic E-state index is -0.823. The van der Waals surface area contributed by atoms with E-state index in [1.807, 2.05) is 78.9 Å². The third kappa shape index (κ3) is 8.25. The van der Waals surface area contributed by atoms with Gasteiger partial charge < -0.3 is 24.4 Å². The molecule has 0 bridgehead atoms. The maximum absolute atomic E-state index is 13.9. The van der Waals surface area contributed by atoms with E-state index in [9.17, 15) is 9.59 Å². The van der Waals surface area contributed by atoms with E-state index >= 15 is 0 Å². The van der Waals surface area contributed by atoms with E-state index in [-0.39, 0.29) is 31.5 Å². The first-order chi connectivity index (χ1) is 20.0. The summed E-state index contributed by atoms with van der Waals surface area (Å²) in [4.78, 5) is 29.2. The molecule has 2 amide bonds. The van der Waals surface area contributed by atoms with Crippen molar-refractivity contribution in [1.82, 2.24) is 10.2 Å². The maximum Gasteiger partial charge on any atom is 0.261 e. The zero-order valence-corrected chi connectivity index (χ0v) is 23.8. The highest BCUT2D eigenvalue weighted by atomic mass is 35.5. The summed E-state index contributed by atoms with van der Waals surface area (Å²) in [7, 11) is 3.19. The molecule has 4 aromatic rings. The van der Waals surface area contributed by atoms with Crippen LogP contribution in [0.4, 0.5) is 0 Å². The monoisotopic (exact) mass is 572 g/mol. The van der Waals surface area contributed by atoms with Gasteiger partial charge in [0, 0.05) is 25.1 Å². The van der Waals surface area contributed by atoms with Gasteiger partial charge in [0.25, 0.3) is 5.91 Å². The number of methoxy groups -OCH3 is 2. The van der Waals surface area contributed by atoms with Crippen molar-refractivity contribution in [2.45, 2.75) is 25.6 Å². The predicted octanol–water partition coefficient (Wildman–Crippen LogP) is 5.69. The van der Waals surface area contributed by atoms with Crippen LogP contribution in [0.5, 0.6) is 17.2 Å². The summed E-state index contributed by atoms with van der Waals surface area (Å²) in [6.07, 6.45) is 0.312. The van der Waals surface area contributed by atoms with Gasteiger partial charge in [-0.1, -0.05) is 84.4 Å². The lowest BCUT2D eigenvalue weighted by Crippen LogP contribution is -2.51. The number of nitrogens with one attached hydrogen (secondary N) is 1. The second kappa shape index (κ2) is 14.8. The zero-order valence-electron chi connectivity index (χ0n) is 23.1.